The molecule has 0 unspecified atom stereocenters. The van der Waals surface area contributed by atoms with Crippen LogP contribution in [0.3, 0.4) is 0 Å². The van der Waals surface area contributed by atoms with Crippen LogP contribution < -0.4 is 14.4 Å². The maximum atomic E-state index is 13.0. The fourth-order valence-electron chi connectivity index (χ4n) is 2.73. The van der Waals surface area contributed by atoms with E-state index in [1.165, 1.54) is 12.0 Å². The normalized spacial score (nSPS) is 14.8. The first kappa shape index (κ1) is 24.7. The number of nitrogens with zero attached hydrogens (tertiary/aromatic N) is 1. The maximum absolute atomic E-state index is 13.0. The molecular formula is C21H16Cl3NO5S2. The van der Waals surface area contributed by atoms with Crippen LogP contribution in [0.4, 0.5) is 5.69 Å². The van der Waals surface area contributed by atoms with Gasteiger partial charge < -0.3 is 14.2 Å². The minimum Gasteiger partial charge on any atom is -0.490 e. The van der Waals surface area contributed by atoms with Gasteiger partial charge in [0.2, 0.25) is 0 Å². The summed E-state index contributed by atoms with van der Waals surface area (Å²) in [4.78, 5) is 26.2. The average Bonchev–Trinajstić information content (AvgIpc) is 3.02. The zero-order chi connectivity index (χ0) is 23.4. The summed E-state index contributed by atoms with van der Waals surface area (Å²) in [7, 11) is 1.26. The zero-order valence-electron chi connectivity index (χ0n) is 16.8. The smallest absolute Gasteiger partial charge is 0.343 e. The van der Waals surface area contributed by atoms with Gasteiger partial charge in [-0.1, -0.05) is 58.8 Å². The molecule has 0 spiro atoms. The molecule has 0 radical (unpaired) electrons. The van der Waals surface area contributed by atoms with Crippen LogP contribution in [-0.2, 0) is 14.3 Å². The number of carbonyl (C=O) groups is 2. The topological polar surface area (TPSA) is 65.1 Å². The fraction of sp³-hybridized carbons (Fsp3) is 0.190. The van der Waals surface area contributed by atoms with Crippen molar-refractivity contribution in [1.29, 1.82) is 0 Å². The highest BCUT2D eigenvalue weighted by atomic mass is 35.5. The van der Waals surface area contributed by atoms with E-state index in [2.05, 4.69) is 4.74 Å². The number of carbonyl (C=O) groups excluding carboxylic acids is 2. The summed E-state index contributed by atoms with van der Waals surface area (Å²) in [6, 6.07) is 8.10. The number of anilines is 1. The molecule has 3 rings (SSSR count). The van der Waals surface area contributed by atoms with E-state index in [9.17, 15) is 9.59 Å². The van der Waals surface area contributed by atoms with Gasteiger partial charge in [-0.3, -0.25) is 9.69 Å². The number of ether oxygens (including phenoxy) is 3. The van der Waals surface area contributed by atoms with Crippen molar-refractivity contribution in [1.82, 2.24) is 0 Å². The minimum absolute atomic E-state index is 0.208. The summed E-state index contributed by atoms with van der Waals surface area (Å²) in [5.74, 6) is -0.327. The predicted octanol–water partition coefficient (Wildman–Crippen LogP) is 6.00. The molecule has 1 saturated heterocycles. The number of methoxy groups -OCH3 is 1. The standard InChI is InChI=1S/C21H16Cl3NO5S2/c1-3-29-16-7-11(6-15(24)19(16)30-10-18(26)28-2)8-17-20(27)25(21(31)32-17)12-4-5-13(22)14(23)9-12/h4-9H,3,10H2,1-2H3/b17-8+. The number of hydrogen-bond acceptors (Lipinski definition) is 7. The van der Waals surface area contributed by atoms with E-state index < -0.39 is 5.97 Å². The quantitative estimate of drug-likeness (QED) is 0.246. The monoisotopic (exact) mass is 531 g/mol. The van der Waals surface area contributed by atoms with Gasteiger partial charge in [0.05, 0.1) is 39.4 Å². The van der Waals surface area contributed by atoms with E-state index in [1.54, 1.807) is 43.3 Å². The summed E-state index contributed by atoms with van der Waals surface area (Å²) < 4.78 is 16.0. The highest BCUT2D eigenvalue weighted by Gasteiger charge is 2.33. The van der Waals surface area contributed by atoms with Crippen molar-refractivity contribution < 1.29 is 23.8 Å². The van der Waals surface area contributed by atoms with Gasteiger partial charge in [0.25, 0.3) is 5.91 Å². The van der Waals surface area contributed by atoms with Crippen molar-refractivity contribution in [2.24, 2.45) is 0 Å². The first-order valence-electron chi connectivity index (χ1n) is 9.14. The van der Waals surface area contributed by atoms with Crippen molar-refractivity contribution in [2.75, 3.05) is 25.2 Å². The third-order valence-electron chi connectivity index (χ3n) is 4.15. The van der Waals surface area contributed by atoms with Crippen LogP contribution in [0, 0.1) is 0 Å². The molecule has 2 aromatic carbocycles. The van der Waals surface area contributed by atoms with Gasteiger partial charge in [0.1, 0.15) is 0 Å². The highest BCUT2D eigenvalue weighted by Crippen LogP contribution is 2.41. The minimum atomic E-state index is -0.557. The van der Waals surface area contributed by atoms with Gasteiger partial charge in [-0.25, -0.2) is 4.79 Å². The lowest BCUT2D eigenvalue weighted by atomic mass is 10.1. The lowest BCUT2D eigenvalue weighted by molar-refractivity contribution is -0.142. The Balaban J connectivity index is 1.91. The molecule has 0 bridgehead atoms. The van der Waals surface area contributed by atoms with Crippen LogP contribution >= 0.6 is 58.8 Å². The first-order chi connectivity index (χ1) is 15.2. The SMILES string of the molecule is CCOc1cc(/C=C2/SC(=S)N(c3ccc(Cl)c(Cl)c3)C2=O)cc(Cl)c1OCC(=O)OC. The molecule has 1 fully saturated rings. The van der Waals surface area contributed by atoms with Gasteiger partial charge >= 0.3 is 5.97 Å². The summed E-state index contributed by atoms with van der Waals surface area (Å²) in [5, 5.41) is 0.910. The molecule has 0 aromatic heterocycles. The van der Waals surface area contributed by atoms with Crippen molar-refractivity contribution in [3.05, 3.63) is 55.9 Å². The van der Waals surface area contributed by atoms with Crippen LogP contribution in [0.15, 0.2) is 35.2 Å². The summed E-state index contributed by atoms with van der Waals surface area (Å²) in [5.41, 5.74) is 1.11. The molecule has 1 heterocycles. The molecule has 6 nitrogen and oxygen atoms in total. The Bertz CT molecular complexity index is 1120. The van der Waals surface area contributed by atoms with Crippen molar-refractivity contribution in [3.8, 4) is 11.5 Å². The summed E-state index contributed by atoms with van der Waals surface area (Å²) >= 11 is 24.9. The molecule has 1 aliphatic rings. The second-order valence-corrected chi connectivity index (χ2v) is 9.14. The lowest BCUT2D eigenvalue weighted by Crippen LogP contribution is -2.27. The van der Waals surface area contributed by atoms with E-state index in [1.807, 2.05) is 0 Å². The number of thioether (sulfide) groups is 1. The molecule has 0 saturated carbocycles. The molecule has 11 heteroatoms. The van der Waals surface area contributed by atoms with Gasteiger partial charge in [-0.2, -0.15) is 0 Å². The maximum Gasteiger partial charge on any atom is 0.343 e. The molecule has 0 aliphatic carbocycles. The molecule has 32 heavy (non-hydrogen) atoms. The highest BCUT2D eigenvalue weighted by molar-refractivity contribution is 8.27. The Hall–Kier alpha value is -1.97. The van der Waals surface area contributed by atoms with E-state index in [0.29, 0.717) is 42.9 Å². The Kier molecular flexibility index (Phi) is 8.30. The Morgan fingerprint density at radius 3 is 2.53 bits per heavy atom. The van der Waals surface area contributed by atoms with Gasteiger partial charge in [-0.15, -0.1) is 0 Å². The number of benzene rings is 2. The Morgan fingerprint density at radius 1 is 1.12 bits per heavy atom. The van der Waals surface area contributed by atoms with E-state index >= 15 is 0 Å². The van der Waals surface area contributed by atoms with Crippen molar-refractivity contribution in [2.45, 2.75) is 6.92 Å². The van der Waals surface area contributed by atoms with Crippen molar-refractivity contribution >= 4 is 86.7 Å². The Labute approximate surface area is 209 Å². The molecule has 1 amide bonds. The van der Waals surface area contributed by atoms with E-state index in [-0.39, 0.29) is 23.3 Å². The zero-order valence-corrected chi connectivity index (χ0v) is 20.7. The molecule has 0 N–H and O–H groups in total. The lowest BCUT2D eigenvalue weighted by Gasteiger charge is -2.15. The van der Waals surface area contributed by atoms with Crippen LogP contribution in [0.25, 0.3) is 6.08 Å². The van der Waals surface area contributed by atoms with Crippen LogP contribution in [0.1, 0.15) is 12.5 Å². The molecule has 168 valence electrons. The van der Waals surface area contributed by atoms with Crippen molar-refractivity contribution in [3.63, 3.8) is 0 Å². The predicted molar refractivity (Wildman–Crippen MR) is 132 cm³/mol. The van der Waals surface area contributed by atoms with Crippen LogP contribution in [0.2, 0.25) is 15.1 Å². The van der Waals surface area contributed by atoms with E-state index in [0.717, 1.165) is 11.8 Å². The molecular weight excluding hydrogens is 517 g/mol. The van der Waals surface area contributed by atoms with Gasteiger partial charge in [0.15, 0.2) is 22.4 Å². The second kappa shape index (κ2) is 10.8. The number of esters is 1. The summed E-state index contributed by atoms with van der Waals surface area (Å²) in [6.45, 7) is 1.82. The van der Waals surface area contributed by atoms with Gasteiger partial charge in [0, 0.05) is 0 Å². The number of hydrogen-bond donors (Lipinski definition) is 0. The number of rotatable bonds is 7. The number of amides is 1. The average molecular weight is 533 g/mol. The largest absolute Gasteiger partial charge is 0.490 e. The molecule has 0 atom stereocenters. The second-order valence-electron chi connectivity index (χ2n) is 6.24. The first-order valence-corrected chi connectivity index (χ1v) is 11.5. The van der Waals surface area contributed by atoms with Crippen LogP contribution in [0.5, 0.6) is 11.5 Å². The van der Waals surface area contributed by atoms with Crippen LogP contribution in [-0.4, -0.2) is 36.5 Å². The summed E-state index contributed by atoms with van der Waals surface area (Å²) in [6.07, 6.45) is 1.65. The van der Waals surface area contributed by atoms with Gasteiger partial charge in [-0.05, 0) is 48.9 Å². The Morgan fingerprint density at radius 2 is 1.88 bits per heavy atom. The third-order valence-corrected chi connectivity index (χ3v) is 6.47. The molecule has 2 aromatic rings. The third kappa shape index (κ3) is 5.50. The fourth-order valence-corrected chi connectivity index (χ4v) is 4.60. The number of thiocarbonyl (C=S) groups is 1. The van der Waals surface area contributed by atoms with E-state index in [4.69, 9.17) is 56.5 Å². The number of halogens is 3. The molecule has 1 aliphatic heterocycles.